The molecule has 1 aromatic rings. The monoisotopic (exact) mass is 195 g/mol. The van der Waals surface area contributed by atoms with Crippen molar-refractivity contribution < 1.29 is 5.11 Å². The highest BCUT2D eigenvalue weighted by molar-refractivity contribution is 5.00. The van der Waals surface area contributed by atoms with E-state index in [1.165, 1.54) is 0 Å². The molecule has 2 rings (SSSR count). The molecule has 1 unspecified atom stereocenters. The van der Waals surface area contributed by atoms with Crippen LogP contribution in [0.25, 0.3) is 0 Å². The van der Waals surface area contributed by atoms with E-state index in [4.69, 9.17) is 5.73 Å². The molecule has 1 heterocycles. The van der Waals surface area contributed by atoms with Gasteiger partial charge in [-0.1, -0.05) is 6.42 Å². The third-order valence-electron chi connectivity index (χ3n) is 3.15. The zero-order valence-corrected chi connectivity index (χ0v) is 8.43. The highest BCUT2D eigenvalue weighted by Gasteiger charge is 2.32. The van der Waals surface area contributed by atoms with Crippen molar-refractivity contribution >= 4 is 0 Å². The van der Waals surface area contributed by atoms with Crippen LogP contribution in [0.2, 0.25) is 0 Å². The summed E-state index contributed by atoms with van der Waals surface area (Å²) in [6, 6.07) is 0.127. The minimum absolute atomic E-state index is 0.127. The Morgan fingerprint density at radius 2 is 2.43 bits per heavy atom. The largest absolute Gasteiger partial charge is 0.385 e. The lowest BCUT2D eigenvalue weighted by atomic mass is 9.97. The molecule has 0 amide bonds. The van der Waals surface area contributed by atoms with Gasteiger partial charge in [-0.25, -0.2) is 4.98 Å². The number of aliphatic hydroxyl groups excluding tert-OH is 1. The molecule has 3 N–H and O–H groups in total. The first-order chi connectivity index (χ1) is 6.70. The van der Waals surface area contributed by atoms with E-state index in [2.05, 4.69) is 4.98 Å². The van der Waals surface area contributed by atoms with Gasteiger partial charge < -0.3 is 15.4 Å². The Balaban J connectivity index is 2.15. The Labute approximate surface area is 83.8 Å². The number of aryl methyl sites for hydroxylation is 1. The molecule has 3 atom stereocenters. The molecule has 1 aromatic heterocycles. The number of hydrogen-bond acceptors (Lipinski definition) is 3. The molecule has 14 heavy (non-hydrogen) atoms. The minimum atomic E-state index is -0.507. The molecule has 0 aromatic carbocycles. The molecule has 1 aliphatic rings. The normalized spacial score (nSPS) is 29.4. The van der Waals surface area contributed by atoms with E-state index in [9.17, 15) is 5.11 Å². The summed E-state index contributed by atoms with van der Waals surface area (Å²) in [5.74, 6) is 0.906. The lowest BCUT2D eigenvalue weighted by Crippen LogP contribution is -2.30. The van der Waals surface area contributed by atoms with E-state index < -0.39 is 6.10 Å². The van der Waals surface area contributed by atoms with E-state index in [1.54, 1.807) is 6.20 Å². The second kappa shape index (κ2) is 3.71. The average molecular weight is 195 g/mol. The standard InChI is InChI=1S/C10H17N3O/c1-13-6-5-12-10(13)9(14)7-3-2-4-8(7)11/h5-9,14H,2-4,11H2,1H3/t7-,8+,9?/m1/s1. The summed E-state index contributed by atoms with van der Waals surface area (Å²) in [5, 5.41) is 10.1. The molecule has 4 nitrogen and oxygen atoms in total. The van der Waals surface area contributed by atoms with Crippen LogP contribution >= 0.6 is 0 Å². The molecule has 0 aliphatic heterocycles. The molecule has 0 saturated heterocycles. The fourth-order valence-corrected chi connectivity index (χ4v) is 2.26. The average Bonchev–Trinajstić information content (AvgIpc) is 2.73. The molecular weight excluding hydrogens is 178 g/mol. The Kier molecular flexibility index (Phi) is 2.56. The van der Waals surface area contributed by atoms with Crippen molar-refractivity contribution in [2.24, 2.45) is 18.7 Å². The number of hydrogen-bond donors (Lipinski definition) is 2. The quantitative estimate of drug-likeness (QED) is 0.725. The van der Waals surface area contributed by atoms with Gasteiger partial charge in [-0.3, -0.25) is 0 Å². The first kappa shape index (κ1) is 9.68. The topological polar surface area (TPSA) is 64.1 Å². The number of aromatic nitrogens is 2. The van der Waals surface area contributed by atoms with Crippen LogP contribution < -0.4 is 5.73 Å². The second-order valence-corrected chi connectivity index (χ2v) is 4.10. The maximum atomic E-state index is 10.1. The second-order valence-electron chi connectivity index (χ2n) is 4.10. The van der Waals surface area contributed by atoms with E-state index in [0.717, 1.165) is 25.1 Å². The molecular formula is C10H17N3O. The maximum Gasteiger partial charge on any atom is 0.137 e. The van der Waals surface area contributed by atoms with Gasteiger partial charge in [-0.15, -0.1) is 0 Å². The van der Waals surface area contributed by atoms with Crippen LogP contribution in [0.4, 0.5) is 0 Å². The van der Waals surface area contributed by atoms with Gasteiger partial charge in [0.15, 0.2) is 0 Å². The highest BCUT2D eigenvalue weighted by Crippen LogP contribution is 2.33. The van der Waals surface area contributed by atoms with E-state index in [0.29, 0.717) is 0 Å². The first-order valence-corrected chi connectivity index (χ1v) is 5.11. The van der Waals surface area contributed by atoms with E-state index >= 15 is 0 Å². The summed E-state index contributed by atoms with van der Waals surface area (Å²) in [6.45, 7) is 0. The lowest BCUT2D eigenvalue weighted by Gasteiger charge is -2.21. The lowest BCUT2D eigenvalue weighted by molar-refractivity contribution is 0.0919. The summed E-state index contributed by atoms with van der Waals surface area (Å²) in [7, 11) is 1.89. The molecule has 0 bridgehead atoms. The van der Waals surface area contributed by atoms with Crippen molar-refractivity contribution in [1.29, 1.82) is 0 Å². The first-order valence-electron chi connectivity index (χ1n) is 5.11. The van der Waals surface area contributed by atoms with Gasteiger partial charge in [0.1, 0.15) is 11.9 Å². The van der Waals surface area contributed by atoms with Crippen LogP contribution in [0.3, 0.4) is 0 Å². The minimum Gasteiger partial charge on any atom is -0.385 e. The molecule has 1 fully saturated rings. The highest BCUT2D eigenvalue weighted by atomic mass is 16.3. The molecule has 1 aliphatic carbocycles. The third-order valence-corrected chi connectivity index (χ3v) is 3.15. The van der Waals surface area contributed by atoms with Crippen LogP contribution in [-0.4, -0.2) is 20.7 Å². The maximum absolute atomic E-state index is 10.1. The smallest absolute Gasteiger partial charge is 0.137 e. The SMILES string of the molecule is Cn1ccnc1C(O)[C@@H]1CCC[C@@H]1N. The van der Waals surface area contributed by atoms with Gasteiger partial charge in [0.25, 0.3) is 0 Å². The molecule has 1 saturated carbocycles. The summed E-state index contributed by atoms with van der Waals surface area (Å²) in [4.78, 5) is 4.15. The number of imidazole rings is 1. The fourth-order valence-electron chi connectivity index (χ4n) is 2.26. The zero-order chi connectivity index (χ0) is 10.1. The third kappa shape index (κ3) is 1.55. The predicted molar refractivity (Wildman–Crippen MR) is 53.5 cm³/mol. The van der Waals surface area contributed by atoms with E-state index in [1.807, 2.05) is 17.8 Å². The number of nitrogens with zero attached hydrogens (tertiary/aromatic N) is 2. The molecule has 78 valence electrons. The number of nitrogens with two attached hydrogens (primary N) is 1. The van der Waals surface area contributed by atoms with Crippen molar-refractivity contribution in [2.45, 2.75) is 31.4 Å². The Morgan fingerprint density at radius 3 is 2.93 bits per heavy atom. The van der Waals surface area contributed by atoms with Gasteiger partial charge >= 0.3 is 0 Å². The Hall–Kier alpha value is -0.870. The molecule has 4 heteroatoms. The Bertz CT molecular complexity index is 310. The van der Waals surface area contributed by atoms with Crippen molar-refractivity contribution in [3.8, 4) is 0 Å². The number of rotatable bonds is 2. The van der Waals surface area contributed by atoms with Crippen molar-refractivity contribution in [2.75, 3.05) is 0 Å². The number of aliphatic hydroxyl groups is 1. The molecule has 0 radical (unpaired) electrons. The van der Waals surface area contributed by atoms with Crippen LogP contribution in [0.1, 0.15) is 31.2 Å². The van der Waals surface area contributed by atoms with Crippen molar-refractivity contribution in [1.82, 2.24) is 9.55 Å². The van der Waals surface area contributed by atoms with Crippen LogP contribution in [0, 0.1) is 5.92 Å². The fraction of sp³-hybridized carbons (Fsp3) is 0.700. The van der Waals surface area contributed by atoms with Gasteiger partial charge in [0, 0.05) is 31.4 Å². The zero-order valence-electron chi connectivity index (χ0n) is 8.43. The van der Waals surface area contributed by atoms with Crippen LogP contribution in [0.15, 0.2) is 12.4 Å². The Morgan fingerprint density at radius 1 is 1.64 bits per heavy atom. The van der Waals surface area contributed by atoms with Crippen molar-refractivity contribution in [3.05, 3.63) is 18.2 Å². The predicted octanol–water partition coefficient (Wildman–Crippen LogP) is 0.581. The van der Waals surface area contributed by atoms with Gasteiger partial charge in [0.05, 0.1) is 0 Å². The van der Waals surface area contributed by atoms with Gasteiger partial charge in [-0.05, 0) is 12.8 Å². The summed E-state index contributed by atoms with van der Waals surface area (Å²) < 4.78 is 1.86. The summed E-state index contributed by atoms with van der Waals surface area (Å²) >= 11 is 0. The molecule has 0 spiro atoms. The van der Waals surface area contributed by atoms with Gasteiger partial charge in [-0.2, -0.15) is 0 Å². The summed E-state index contributed by atoms with van der Waals surface area (Å²) in [6.07, 6.45) is 6.19. The summed E-state index contributed by atoms with van der Waals surface area (Å²) in [5.41, 5.74) is 5.94. The van der Waals surface area contributed by atoms with Crippen LogP contribution in [-0.2, 0) is 7.05 Å². The van der Waals surface area contributed by atoms with Crippen LogP contribution in [0.5, 0.6) is 0 Å². The van der Waals surface area contributed by atoms with E-state index in [-0.39, 0.29) is 12.0 Å². The van der Waals surface area contributed by atoms with Crippen molar-refractivity contribution in [3.63, 3.8) is 0 Å². The van der Waals surface area contributed by atoms with Gasteiger partial charge in [0.2, 0.25) is 0 Å².